The van der Waals surface area contributed by atoms with Gasteiger partial charge in [0.2, 0.25) is 0 Å². The van der Waals surface area contributed by atoms with Crippen molar-refractivity contribution in [1.82, 2.24) is 4.90 Å². The Morgan fingerprint density at radius 3 is 2.78 bits per heavy atom. The van der Waals surface area contributed by atoms with Gasteiger partial charge in [-0.3, -0.25) is 4.90 Å². The van der Waals surface area contributed by atoms with Crippen LogP contribution >= 0.6 is 0 Å². The van der Waals surface area contributed by atoms with Gasteiger partial charge in [-0.25, -0.2) is 0 Å². The summed E-state index contributed by atoms with van der Waals surface area (Å²) < 4.78 is 11.2. The molecule has 4 heteroatoms. The van der Waals surface area contributed by atoms with Crippen molar-refractivity contribution in [3.05, 3.63) is 35.6 Å². The lowest BCUT2D eigenvalue weighted by Crippen LogP contribution is -2.35. The highest BCUT2D eigenvalue weighted by molar-refractivity contribution is 5.78. The van der Waals surface area contributed by atoms with Gasteiger partial charge >= 0.3 is 0 Å². The average Bonchev–Trinajstić information content (AvgIpc) is 2.80. The molecule has 2 N–H and O–H groups in total. The third-order valence-corrected chi connectivity index (χ3v) is 3.35. The molecule has 0 radical (unpaired) electrons. The predicted octanol–water partition coefficient (Wildman–Crippen LogP) is 1.72. The second kappa shape index (κ2) is 5.10. The highest BCUT2D eigenvalue weighted by Gasteiger charge is 2.13. The van der Waals surface area contributed by atoms with E-state index in [0.717, 1.165) is 55.1 Å². The van der Waals surface area contributed by atoms with Crippen LogP contribution in [0.4, 0.5) is 0 Å². The Labute approximate surface area is 106 Å². The molecule has 0 aliphatic carbocycles. The van der Waals surface area contributed by atoms with E-state index in [1.54, 1.807) is 0 Å². The average molecular weight is 246 g/mol. The van der Waals surface area contributed by atoms with Crippen LogP contribution in [0.3, 0.4) is 0 Å². The van der Waals surface area contributed by atoms with Crippen molar-refractivity contribution in [3.8, 4) is 0 Å². The molecule has 1 aromatic carbocycles. The van der Waals surface area contributed by atoms with E-state index in [9.17, 15) is 0 Å². The number of hydrogen-bond donors (Lipinski definition) is 1. The van der Waals surface area contributed by atoms with Crippen LogP contribution in [0.25, 0.3) is 11.0 Å². The fourth-order valence-corrected chi connectivity index (χ4v) is 2.32. The molecule has 0 atom stereocenters. The minimum Gasteiger partial charge on any atom is -0.460 e. The Bertz CT molecular complexity index is 530. The molecule has 1 saturated heterocycles. The van der Waals surface area contributed by atoms with E-state index < -0.39 is 0 Å². The van der Waals surface area contributed by atoms with Gasteiger partial charge in [-0.1, -0.05) is 12.1 Å². The van der Waals surface area contributed by atoms with Gasteiger partial charge in [-0.2, -0.15) is 0 Å². The lowest BCUT2D eigenvalue weighted by Gasteiger charge is -2.25. The normalized spacial score (nSPS) is 17.4. The maximum Gasteiger partial charge on any atom is 0.134 e. The van der Waals surface area contributed by atoms with E-state index in [1.807, 2.05) is 6.07 Å². The van der Waals surface area contributed by atoms with Crippen LogP contribution in [-0.2, 0) is 17.8 Å². The van der Waals surface area contributed by atoms with E-state index in [-0.39, 0.29) is 0 Å². The number of nitrogens with two attached hydrogens (primary N) is 1. The summed E-state index contributed by atoms with van der Waals surface area (Å²) in [6.45, 7) is 5.00. The summed E-state index contributed by atoms with van der Waals surface area (Å²) in [5.41, 5.74) is 7.67. The summed E-state index contributed by atoms with van der Waals surface area (Å²) in [5.74, 6) is 1.01. The minimum atomic E-state index is 0.551. The van der Waals surface area contributed by atoms with E-state index in [2.05, 4.69) is 23.1 Å². The van der Waals surface area contributed by atoms with Crippen LogP contribution < -0.4 is 5.73 Å². The van der Waals surface area contributed by atoms with E-state index in [4.69, 9.17) is 14.9 Å². The fourth-order valence-electron chi connectivity index (χ4n) is 2.32. The second-order valence-corrected chi connectivity index (χ2v) is 4.68. The Morgan fingerprint density at radius 2 is 2.00 bits per heavy atom. The van der Waals surface area contributed by atoms with E-state index in [1.165, 1.54) is 0 Å². The minimum absolute atomic E-state index is 0.551. The van der Waals surface area contributed by atoms with Gasteiger partial charge in [0.05, 0.1) is 19.8 Å². The van der Waals surface area contributed by atoms with Gasteiger partial charge in [0.25, 0.3) is 0 Å². The number of fused-ring (bicyclic) bond motifs is 1. The van der Waals surface area contributed by atoms with Gasteiger partial charge in [-0.15, -0.1) is 0 Å². The van der Waals surface area contributed by atoms with Crippen LogP contribution in [0.5, 0.6) is 0 Å². The SMILES string of the molecule is NCc1ccc2cc(CN3CCOCC3)oc2c1. The summed E-state index contributed by atoms with van der Waals surface area (Å²) in [6.07, 6.45) is 0. The van der Waals surface area contributed by atoms with Gasteiger partial charge in [0, 0.05) is 25.0 Å². The third kappa shape index (κ3) is 2.41. The molecule has 1 fully saturated rings. The predicted molar refractivity (Wildman–Crippen MR) is 70.2 cm³/mol. The van der Waals surface area contributed by atoms with E-state index in [0.29, 0.717) is 6.54 Å². The number of furan rings is 1. The molecule has 0 amide bonds. The van der Waals surface area contributed by atoms with Crippen LogP contribution in [0.2, 0.25) is 0 Å². The quantitative estimate of drug-likeness (QED) is 0.896. The van der Waals surface area contributed by atoms with Crippen molar-refractivity contribution in [1.29, 1.82) is 0 Å². The van der Waals surface area contributed by atoms with Crippen molar-refractivity contribution < 1.29 is 9.15 Å². The molecule has 1 aliphatic heterocycles. The zero-order valence-electron chi connectivity index (χ0n) is 10.4. The van der Waals surface area contributed by atoms with Gasteiger partial charge in [0.15, 0.2) is 0 Å². The number of rotatable bonds is 3. The lowest BCUT2D eigenvalue weighted by molar-refractivity contribution is 0.0315. The second-order valence-electron chi connectivity index (χ2n) is 4.68. The molecular formula is C14H18N2O2. The lowest BCUT2D eigenvalue weighted by atomic mass is 10.2. The molecule has 0 saturated carbocycles. The molecule has 3 rings (SSSR count). The topological polar surface area (TPSA) is 51.6 Å². The fraction of sp³-hybridized carbons (Fsp3) is 0.429. The summed E-state index contributed by atoms with van der Waals surface area (Å²) >= 11 is 0. The highest BCUT2D eigenvalue weighted by atomic mass is 16.5. The van der Waals surface area contributed by atoms with Crippen molar-refractivity contribution in [2.24, 2.45) is 5.73 Å². The number of morpholine rings is 1. The molecule has 2 aromatic rings. The summed E-state index contributed by atoms with van der Waals surface area (Å²) in [7, 11) is 0. The first-order valence-electron chi connectivity index (χ1n) is 6.37. The number of hydrogen-bond acceptors (Lipinski definition) is 4. The first-order chi connectivity index (χ1) is 8.85. The molecule has 0 bridgehead atoms. The zero-order valence-corrected chi connectivity index (χ0v) is 10.4. The summed E-state index contributed by atoms with van der Waals surface area (Å²) in [5, 5.41) is 1.15. The summed E-state index contributed by atoms with van der Waals surface area (Å²) in [6, 6.07) is 8.27. The Kier molecular flexibility index (Phi) is 3.32. The number of benzene rings is 1. The Balaban J connectivity index is 1.79. The van der Waals surface area contributed by atoms with Gasteiger partial charge in [0.1, 0.15) is 11.3 Å². The largest absolute Gasteiger partial charge is 0.460 e. The zero-order chi connectivity index (χ0) is 12.4. The Hall–Kier alpha value is -1.36. The highest BCUT2D eigenvalue weighted by Crippen LogP contribution is 2.22. The standard InChI is InChI=1S/C14H18N2O2/c15-9-11-1-2-12-8-13(18-14(12)7-11)10-16-3-5-17-6-4-16/h1-2,7-8H,3-6,9-10,15H2. The third-order valence-electron chi connectivity index (χ3n) is 3.35. The molecule has 1 aromatic heterocycles. The van der Waals surface area contributed by atoms with Crippen molar-refractivity contribution in [2.75, 3.05) is 26.3 Å². The molecule has 18 heavy (non-hydrogen) atoms. The first-order valence-corrected chi connectivity index (χ1v) is 6.37. The monoisotopic (exact) mass is 246 g/mol. The van der Waals surface area contributed by atoms with Crippen molar-refractivity contribution >= 4 is 11.0 Å². The summed E-state index contributed by atoms with van der Waals surface area (Å²) in [4.78, 5) is 2.35. The molecule has 1 aliphatic rings. The molecule has 0 spiro atoms. The van der Waals surface area contributed by atoms with E-state index >= 15 is 0 Å². The van der Waals surface area contributed by atoms with Crippen LogP contribution in [-0.4, -0.2) is 31.2 Å². The number of ether oxygens (including phenoxy) is 1. The molecule has 4 nitrogen and oxygen atoms in total. The first kappa shape index (κ1) is 11.7. The smallest absolute Gasteiger partial charge is 0.134 e. The van der Waals surface area contributed by atoms with Crippen molar-refractivity contribution in [3.63, 3.8) is 0 Å². The van der Waals surface area contributed by atoms with Crippen molar-refractivity contribution in [2.45, 2.75) is 13.1 Å². The van der Waals surface area contributed by atoms with Crippen LogP contribution in [0.1, 0.15) is 11.3 Å². The molecule has 2 heterocycles. The van der Waals surface area contributed by atoms with Gasteiger partial charge < -0.3 is 14.9 Å². The molecule has 96 valence electrons. The Morgan fingerprint density at radius 1 is 1.17 bits per heavy atom. The molecule has 0 unspecified atom stereocenters. The molecular weight excluding hydrogens is 228 g/mol. The van der Waals surface area contributed by atoms with Gasteiger partial charge in [-0.05, 0) is 17.7 Å². The maximum atomic E-state index is 5.88. The number of nitrogens with zero attached hydrogens (tertiary/aromatic N) is 1. The van der Waals surface area contributed by atoms with Crippen LogP contribution in [0.15, 0.2) is 28.7 Å². The van der Waals surface area contributed by atoms with Crippen LogP contribution in [0, 0.1) is 0 Å². The maximum absolute atomic E-state index is 5.88.